The quantitative estimate of drug-likeness (QED) is 0.743. The molecule has 21 heavy (non-hydrogen) atoms. The highest BCUT2D eigenvalue weighted by Crippen LogP contribution is 2.27. The van der Waals surface area contributed by atoms with Gasteiger partial charge < -0.3 is 5.11 Å². The molecule has 1 aliphatic carbocycles. The summed E-state index contributed by atoms with van der Waals surface area (Å²) in [4.78, 5) is 37.2. The highest BCUT2D eigenvalue weighted by atomic mass is 16.4. The minimum Gasteiger partial charge on any atom is -0.480 e. The number of hydrogen-bond acceptors (Lipinski definition) is 4. The van der Waals surface area contributed by atoms with E-state index in [4.69, 9.17) is 0 Å². The van der Waals surface area contributed by atoms with Gasteiger partial charge in [-0.25, -0.2) is 0 Å². The summed E-state index contributed by atoms with van der Waals surface area (Å²) in [6, 6.07) is -1.49. The van der Waals surface area contributed by atoms with Gasteiger partial charge in [0.15, 0.2) is 0 Å². The Morgan fingerprint density at radius 3 is 2.38 bits per heavy atom. The Morgan fingerprint density at radius 2 is 1.86 bits per heavy atom. The van der Waals surface area contributed by atoms with E-state index in [1.54, 1.807) is 13.8 Å². The van der Waals surface area contributed by atoms with Gasteiger partial charge in [-0.05, 0) is 18.8 Å². The van der Waals surface area contributed by atoms with Crippen LogP contribution in [0.15, 0.2) is 0 Å². The van der Waals surface area contributed by atoms with E-state index in [1.807, 2.05) is 0 Å². The van der Waals surface area contributed by atoms with Crippen molar-refractivity contribution >= 4 is 17.8 Å². The molecule has 2 rings (SSSR count). The highest BCUT2D eigenvalue weighted by Gasteiger charge is 2.44. The predicted molar refractivity (Wildman–Crippen MR) is 76.5 cm³/mol. The van der Waals surface area contributed by atoms with Crippen LogP contribution in [0.4, 0.5) is 0 Å². The Morgan fingerprint density at radius 1 is 1.24 bits per heavy atom. The van der Waals surface area contributed by atoms with E-state index >= 15 is 0 Å². The molecule has 1 saturated heterocycles. The number of carbonyl (C=O) groups excluding carboxylic acids is 2. The van der Waals surface area contributed by atoms with Crippen molar-refractivity contribution in [1.29, 1.82) is 0 Å². The molecule has 0 aromatic rings. The number of aliphatic carboxylic acids is 1. The molecule has 1 heterocycles. The summed E-state index contributed by atoms with van der Waals surface area (Å²) >= 11 is 0. The van der Waals surface area contributed by atoms with Crippen molar-refractivity contribution in [1.82, 2.24) is 10.2 Å². The number of hydrogen-bond donors (Lipinski definition) is 2. The van der Waals surface area contributed by atoms with Gasteiger partial charge in [0.05, 0.1) is 12.5 Å². The number of likely N-dealkylation sites (tertiary alicyclic amines) is 1. The second kappa shape index (κ2) is 6.56. The molecule has 6 heteroatoms. The Hall–Kier alpha value is -1.43. The lowest BCUT2D eigenvalue weighted by Gasteiger charge is -2.30. The maximum atomic E-state index is 12.4. The molecule has 0 bridgehead atoms. The van der Waals surface area contributed by atoms with Gasteiger partial charge in [-0.3, -0.25) is 24.6 Å². The van der Waals surface area contributed by atoms with Crippen LogP contribution in [0.25, 0.3) is 0 Å². The van der Waals surface area contributed by atoms with Crippen molar-refractivity contribution in [2.45, 2.75) is 70.5 Å². The van der Waals surface area contributed by atoms with Crippen LogP contribution in [0.3, 0.4) is 0 Å². The number of imide groups is 1. The Kier molecular flexibility index (Phi) is 4.98. The summed E-state index contributed by atoms with van der Waals surface area (Å²) in [5.74, 6) is -1.55. The first-order chi connectivity index (χ1) is 9.91. The SMILES string of the molecule is CC(C)C(NC1CC(=O)N(C2CCCCC2)C1=O)C(=O)O. The number of nitrogens with zero attached hydrogens (tertiary/aromatic N) is 1. The smallest absolute Gasteiger partial charge is 0.320 e. The Balaban J connectivity index is 2.05. The van der Waals surface area contributed by atoms with Crippen molar-refractivity contribution in [2.75, 3.05) is 0 Å². The number of carboxylic acid groups (broad SMARTS) is 1. The molecule has 1 aliphatic heterocycles. The third-order valence-corrected chi connectivity index (χ3v) is 4.44. The summed E-state index contributed by atoms with van der Waals surface area (Å²) in [6.07, 6.45) is 5.06. The molecule has 0 spiro atoms. The molecular weight excluding hydrogens is 272 g/mol. The molecule has 2 aliphatic rings. The lowest BCUT2D eigenvalue weighted by atomic mass is 9.94. The zero-order valence-corrected chi connectivity index (χ0v) is 12.7. The monoisotopic (exact) mass is 296 g/mol. The third kappa shape index (κ3) is 3.43. The van der Waals surface area contributed by atoms with E-state index in [0.29, 0.717) is 0 Å². The van der Waals surface area contributed by atoms with Crippen molar-refractivity contribution in [3.05, 3.63) is 0 Å². The normalized spacial score (nSPS) is 25.7. The zero-order valence-electron chi connectivity index (χ0n) is 12.7. The second-order valence-corrected chi connectivity index (χ2v) is 6.38. The summed E-state index contributed by atoms with van der Waals surface area (Å²) in [5, 5.41) is 12.1. The molecular formula is C15H24N2O4. The van der Waals surface area contributed by atoms with Gasteiger partial charge in [0.25, 0.3) is 0 Å². The number of rotatable bonds is 5. The Labute approximate surface area is 124 Å². The first kappa shape index (κ1) is 15.9. The second-order valence-electron chi connectivity index (χ2n) is 6.38. The minimum atomic E-state index is -0.985. The average molecular weight is 296 g/mol. The molecule has 2 amide bonds. The molecule has 2 unspecified atom stereocenters. The van der Waals surface area contributed by atoms with Crippen molar-refractivity contribution in [3.63, 3.8) is 0 Å². The fourth-order valence-corrected chi connectivity index (χ4v) is 3.27. The first-order valence-electron chi connectivity index (χ1n) is 7.76. The average Bonchev–Trinajstić information content (AvgIpc) is 2.71. The van der Waals surface area contributed by atoms with Gasteiger partial charge >= 0.3 is 5.97 Å². The van der Waals surface area contributed by atoms with E-state index in [2.05, 4.69) is 5.32 Å². The summed E-state index contributed by atoms with van der Waals surface area (Å²) in [6.45, 7) is 3.57. The zero-order chi connectivity index (χ0) is 15.6. The van der Waals surface area contributed by atoms with Crippen LogP contribution in [-0.4, -0.2) is 45.9 Å². The van der Waals surface area contributed by atoms with Crippen LogP contribution in [0, 0.1) is 5.92 Å². The van der Waals surface area contributed by atoms with Crippen LogP contribution in [0.5, 0.6) is 0 Å². The lowest BCUT2D eigenvalue weighted by Crippen LogP contribution is -2.51. The fraction of sp³-hybridized carbons (Fsp3) is 0.800. The van der Waals surface area contributed by atoms with E-state index in [9.17, 15) is 19.5 Å². The molecule has 2 atom stereocenters. The van der Waals surface area contributed by atoms with Gasteiger partial charge in [0, 0.05) is 6.04 Å². The molecule has 118 valence electrons. The molecule has 1 saturated carbocycles. The van der Waals surface area contributed by atoms with Crippen LogP contribution in [-0.2, 0) is 14.4 Å². The van der Waals surface area contributed by atoms with Gasteiger partial charge in [0.1, 0.15) is 6.04 Å². The van der Waals surface area contributed by atoms with Crippen molar-refractivity contribution in [3.8, 4) is 0 Å². The fourth-order valence-electron chi connectivity index (χ4n) is 3.27. The molecule has 6 nitrogen and oxygen atoms in total. The standard InChI is InChI=1S/C15H24N2O4/c1-9(2)13(15(20)21)16-11-8-12(18)17(14(11)19)10-6-4-3-5-7-10/h9-11,13,16H,3-8H2,1-2H3,(H,20,21). The third-order valence-electron chi connectivity index (χ3n) is 4.44. The Bertz CT molecular complexity index is 429. The van der Waals surface area contributed by atoms with Gasteiger partial charge in [0.2, 0.25) is 11.8 Å². The first-order valence-corrected chi connectivity index (χ1v) is 7.76. The van der Waals surface area contributed by atoms with Crippen LogP contribution in [0.2, 0.25) is 0 Å². The highest BCUT2D eigenvalue weighted by molar-refractivity contribution is 6.06. The van der Waals surface area contributed by atoms with Gasteiger partial charge in [-0.2, -0.15) is 0 Å². The van der Waals surface area contributed by atoms with E-state index in [-0.39, 0.29) is 30.2 Å². The van der Waals surface area contributed by atoms with Gasteiger partial charge in [-0.15, -0.1) is 0 Å². The van der Waals surface area contributed by atoms with E-state index in [1.165, 1.54) is 4.90 Å². The summed E-state index contributed by atoms with van der Waals surface area (Å²) in [7, 11) is 0. The van der Waals surface area contributed by atoms with E-state index in [0.717, 1.165) is 32.1 Å². The predicted octanol–water partition coefficient (Wildman–Crippen LogP) is 1.15. The summed E-state index contributed by atoms with van der Waals surface area (Å²) < 4.78 is 0. The molecule has 0 aromatic carbocycles. The minimum absolute atomic E-state index is 0.00729. The number of carboxylic acids is 1. The van der Waals surface area contributed by atoms with E-state index < -0.39 is 18.1 Å². The number of amides is 2. The van der Waals surface area contributed by atoms with Crippen molar-refractivity contribution < 1.29 is 19.5 Å². The molecule has 2 N–H and O–H groups in total. The lowest BCUT2D eigenvalue weighted by molar-refractivity contribution is -0.142. The topological polar surface area (TPSA) is 86.7 Å². The van der Waals surface area contributed by atoms with Crippen LogP contribution in [0.1, 0.15) is 52.4 Å². The molecule has 2 fully saturated rings. The van der Waals surface area contributed by atoms with Crippen molar-refractivity contribution in [2.24, 2.45) is 5.92 Å². The number of carbonyl (C=O) groups is 3. The maximum Gasteiger partial charge on any atom is 0.320 e. The van der Waals surface area contributed by atoms with Crippen LogP contribution < -0.4 is 5.32 Å². The van der Waals surface area contributed by atoms with Crippen LogP contribution >= 0.6 is 0 Å². The number of nitrogens with one attached hydrogen (secondary N) is 1. The largest absolute Gasteiger partial charge is 0.480 e. The summed E-state index contributed by atoms with van der Waals surface area (Å²) in [5.41, 5.74) is 0. The maximum absolute atomic E-state index is 12.4. The molecule has 0 aromatic heterocycles. The van der Waals surface area contributed by atoms with Gasteiger partial charge in [-0.1, -0.05) is 33.1 Å². The molecule has 0 radical (unpaired) electrons.